The number of hydrogen-bond donors (Lipinski definition) is 0. The second kappa shape index (κ2) is 6.16. The molecule has 0 radical (unpaired) electrons. The fourth-order valence-electron chi connectivity index (χ4n) is 2.45. The molecule has 2 rings (SSSR count). The fourth-order valence-corrected chi connectivity index (χ4v) is 2.65. The van der Waals surface area contributed by atoms with Crippen LogP contribution >= 0.6 is 11.6 Å². The summed E-state index contributed by atoms with van der Waals surface area (Å²) < 4.78 is 0. The van der Waals surface area contributed by atoms with Crippen molar-refractivity contribution < 1.29 is 0 Å². The predicted molar refractivity (Wildman–Crippen MR) is 78.6 cm³/mol. The van der Waals surface area contributed by atoms with Crippen LogP contribution in [0.2, 0.25) is 5.15 Å². The molecule has 5 heteroatoms. The Morgan fingerprint density at radius 3 is 2.68 bits per heavy atom. The molecule has 1 aliphatic heterocycles. The zero-order valence-electron chi connectivity index (χ0n) is 12.2. The highest BCUT2D eigenvalue weighted by Gasteiger charge is 2.25. The highest BCUT2D eigenvalue weighted by atomic mass is 35.5. The molecule has 1 aromatic heterocycles. The fraction of sp³-hybridized carbons (Fsp3) is 0.714. The summed E-state index contributed by atoms with van der Waals surface area (Å²) in [6.07, 6.45) is 1.18. The van der Waals surface area contributed by atoms with Gasteiger partial charge in [-0.2, -0.15) is 0 Å². The van der Waals surface area contributed by atoms with Crippen LogP contribution in [-0.4, -0.2) is 53.5 Å². The first kappa shape index (κ1) is 14.7. The van der Waals surface area contributed by atoms with Crippen LogP contribution in [0.25, 0.3) is 0 Å². The van der Waals surface area contributed by atoms with Crippen LogP contribution < -0.4 is 0 Å². The summed E-state index contributed by atoms with van der Waals surface area (Å²) in [6.45, 7) is 7.41. The molecule has 1 unspecified atom stereocenters. The minimum Gasteiger partial charge on any atom is -0.304 e. The van der Waals surface area contributed by atoms with E-state index in [-0.39, 0.29) is 6.04 Å². The number of likely N-dealkylation sites (N-methyl/N-ethyl adjacent to an activating group) is 2. The summed E-state index contributed by atoms with van der Waals surface area (Å²) >= 11 is 6.15. The highest BCUT2D eigenvalue weighted by molar-refractivity contribution is 6.29. The van der Waals surface area contributed by atoms with Gasteiger partial charge in [0.25, 0.3) is 0 Å². The Labute approximate surface area is 120 Å². The zero-order valence-corrected chi connectivity index (χ0v) is 13.0. The van der Waals surface area contributed by atoms with Crippen LogP contribution in [-0.2, 0) is 0 Å². The number of nitrogens with zero attached hydrogens (tertiary/aromatic N) is 4. The molecule has 2 heterocycles. The third-order valence-electron chi connectivity index (χ3n) is 3.69. The first-order valence-corrected chi connectivity index (χ1v) is 7.28. The van der Waals surface area contributed by atoms with E-state index in [2.05, 4.69) is 42.7 Å². The van der Waals surface area contributed by atoms with Crippen molar-refractivity contribution in [1.82, 2.24) is 19.8 Å². The lowest BCUT2D eigenvalue weighted by molar-refractivity contribution is 0.219. The van der Waals surface area contributed by atoms with Gasteiger partial charge >= 0.3 is 0 Å². The number of hydrogen-bond acceptors (Lipinski definition) is 4. The minimum absolute atomic E-state index is 0.226. The van der Waals surface area contributed by atoms with Gasteiger partial charge in [0.15, 0.2) is 0 Å². The van der Waals surface area contributed by atoms with E-state index in [1.54, 1.807) is 0 Å². The van der Waals surface area contributed by atoms with Crippen molar-refractivity contribution in [3.63, 3.8) is 0 Å². The van der Waals surface area contributed by atoms with E-state index in [1.807, 2.05) is 6.07 Å². The Hall–Kier alpha value is -0.710. The van der Waals surface area contributed by atoms with E-state index in [4.69, 9.17) is 16.6 Å². The lowest BCUT2D eigenvalue weighted by Crippen LogP contribution is -2.32. The Morgan fingerprint density at radius 2 is 2.00 bits per heavy atom. The smallest absolute Gasteiger partial charge is 0.148 e. The van der Waals surface area contributed by atoms with E-state index >= 15 is 0 Å². The molecule has 1 atom stereocenters. The molecule has 1 fully saturated rings. The molecule has 106 valence electrons. The maximum absolute atomic E-state index is 6.15. The molecule has 0 amide bonds. The molecule has 0 aliphatic carbocycles. The van der Waals surface area contributed by atoms with Crippen molar-refractivity contribution in [3.8, 4) is 0 Å². The van der Waals surface area contributed by atoms with Gasteiger partial charge in [-0.15, -0.1) is 0 Å². The second-order valence-corrected chi connectivity index (χ2v) is 6.13. The van der Waals surface area contributed by atoms with Gasteiger partial charge in [0.2, 0.25) is 0 Å². The van der Waals surface area contributed by atoms with Crippen LogP contribution in [0.4, 0.5) is 0 Å². The van der Waals surface area contributed by atoms with E-state index in [0.29, 0.717) is 11.1 Å². The Balaban J connectivity index is 2.33. The normalized spacial score (nSPS) is 22.7. The highest BCUT2D eigenvalue weighted by Crippen LogP contribution is 2.24. The summed E-state index contributed by atoms with van der Waals surface area (Å²) in [5, 5.41) is 0.550. The lowest BCUT2D eigenvalue weighted by atomic mass is 10.1. The van der Waals surface area contributed by atoms with Gasteiger partial charge in [0.05, 0.1) is 6.04 Å². The molecular formula is C14H23ClN4. The van der Waals surface area contributed by atoms with Gasteiger partial charge in [-0.3, -0.25) is 4.90 Å². The Kier molecular flexibility index (Phi) is 4.76. The minimum atomic E-state index is 0.226. The Bertz CT molecular complexity index is 435. The van der Waals surface area contributed by atoms with Gasteiger partial charge in [-0.25, -0.2) is 9.97 Å². The zero-order chi connectivity index (χ0) is 14.0. The topological polar surface area (TPSA) is 32.3 Å². The quantitative estimate of drug-likeness (QED) is 0.781. The maximum atomic E-state index is 6.15. The number of aromatic nitrogens is 2. The van der Waals surface area contributed by atoms with Gasteiger partial charge in [0.1, 0.15) is 11.0 Å². The largest absolute Gasteiger partial charge is 0.304 e. The third kappa shape index (κ3) is 3.65. The van der Waals surface area contributed by atoms with Crippen LogP contribution in [0.5, 0.6) is 0 Å². The van der Waals surface area contributed by atoms with Crippen LogP contribution in [0.1, 0.15) is 43.7 Å². The van der Waals surface area contributed by atoms with Crippen molar-refractivity contribution in [3.05, 3.63) is 22.7 Å². The van der Waals surface area contributed by atoms with Crippen LogP contribution in [0.15, 0.2) is 6.07 Å². The van der Waals surface area contributed by atoms with Crippen molar-refractivity contribution >= 4 is 11.6 Å². The standard InChI is InChI=1S/C14H23ClN4/c1-10(2)11-8-13(15)17-14(16-11)12-9-18(3)6-5-7-19(12)4/h8,10,12H,5-7,9H2,1-4H3. The molecule has 1 aromatic rings. The molecule has 4 nitrogen and oxygen atoms in total. The Morgan fingerprint density at radius 1 is 1.26 bits per heavy atom. The summed E-state index contributed by atoms with van der Waals surface area (Å²) in [5.74, 6) is 1.22. The van der Waals surface area contributed by atoms with Crippen molar-refractivity contribution in [1.29, 1.82) is 0 Å². The molecule has 0 saturated carbocycles. The van der Waals surface area contributed by atoms with E-state index in [0.717, 1.165) is 31.2 Å². The lowest BCUT2D eigenvalue weighted by Gasteiger charge is -2.26. The number of halogens is 1. The van der Waals surface area contributed by atoms with Crippen molar-refractivity contribution in [2.75, 3.05) is 33.7 Å². The first-order valence-electron chi connectivity index (χ1n) is 6.90. The summed E-state index contributed by atoms with van der Waals surface area (Å²) in [7, 11) is 4.29. The third-order valence-corrected chi connectivity index (χ3v) is 3.88. The molecule has 1 saturated heterocycles. The first-order chi connectivity index (χ1) is 8.97. The SMILES string of the molecule is CC(C)c1cc(Cl)nc(C2CN(C)CCCN2C)n1. The predicted octanol–water partition coefficient (Wildman–Crippen LogP) is 2.56. The van der Waals surface area contributed by atoms with Crippen molar-refractivity contribution in [2.45, 2.75) is 32.2 Å². The molecular weight excluding hydrogens is 260 g/mol. The van der Waals surface area contributed by atoms with Crippen LogP contribution in [0.3, 0.4) is 0 Å². The molecule has 0 N–H and O–H groups in total. The number of rotatable bonds is 2. The van der Waals surface area contributed by atoms with Crippen molar-refractivity contribution in [2.24, 2.45) is 0 Å². The summed E-state index contributed by atoms with van der Waals surface area (Å²) in [6, 6.07) is 2.10. The summed E-state index contributed by atoms with van der Waals surface area (Å²) in [4.78, 5) is 13.8. The molecule has 0 aromatic carbocycles. The van der Waals surface area contributed by atoms with Gasteiger partial charge in [-0.05, 0) is 45.6 Å². The summed E-state index contributed by atoms with van der Waals surface area (Å²) in [5.41, 5.74) is 1.02. The van der Waals surface area contributed by atoms with Gasteiger partial charge in [0, 0.05) is 12.2 Å². The second-order valence-electron chi connectivity index (χ2n) is 5.74. The molecule has 0 spiro atoms. The van der Waals surface area contributed by atoms with Gasteiger partial charge < -0.3 is 4.90 Å². The van der Waals surface area contributed by atoms with Crippen LogP contribution in [0, 0.1) is 0 Å². The maximum Gasteiger partial charge on any atom is 0.148 e. The molecule has 0 bridgehead atoms. The van der Waals surface area contributed by atoms with E-state index in [9.17, 15) is 0 Å². The molecule has 19 heavy (non-hydrogen) atoms. The molecule has 1 aliphatic rings. The monoisotopic (exact) mass is 282 g/mol. The average molecular weight is 283 g/mol. The van der Waals surface area contributed by atoms with E-state index in [1.165, 1.54) is 6.42 Å². The average Bonchev–Trinajstić information content (AvgIpc) is 2.50. The van der Waals surface area contributed by atoms with Gasteiger partial charge in [-0.1, -0.05) is 25.4 Å². The van der Waals surface area contributed by atoms with E-state index < -0.39 is 0 Å².